The van der Waals surface area contributed by atoms with Crippen molar-refractivity contribution in [2.75, 3.05) is 0 Å². The fourth-order valence-corrected chi connectivity index (χ4v) is 3.15. The Bertz CT molecular complexity index is 1190. The second kappa shape index (κ2) is 7.32. The van der Waals surface area contributed by atoms with Gasteiger partial charge in [-0.15, -0.1) is 0 Å². The largest absolute Gasteiger partial charge is 0.477 e. The lowest BCUT2D eigenvalue weighted by molar-refractivity contribution is 0.0695. The molecule has 5 heteroatoms. The summed E-state index contributed by atoms with van der Waals surface area (Å²) >= 11 is 0. The number of carboxylic acids is 1. The predicted molar refractivity (Wildman–Crippen MR) is 108 cm³/mol. The van der Waals surface area contributed by atoms with Gasteiger partial charge in [0.1, 0.15) is 11.3 Å². The van der Waals surface area contributed by atoms with Crippen LogP contribution in [0.2, 0.25) is 0 Å². The number of hydrogen-bond donors (Lipinski definition) is 1. The SMILES string of the molecule is O=C(O)c1c(-c2ccccc2)c(-c2ccccc2)nn(-c2ccccc2)c1=O. The molecule has 0 saturated heterocycles. The molecule has 0 aliphatic carbocycles. The van der Waals surface area contributed by atoms with Crippen molar-refractivity contribution in [3.05, 3.63) is 107 Å². The van der Waals surface area contributed by atoms with Gasteiger partial charge in [-0.25, -0.2) is 4.79 Å². The highest BCUT2D eigenvalue weighted by molar-refractivity contribution is 6.00. The molecule has 0 saturated carbocycles. The van der Waals surface area contributed by atoms with E-state index >= 15 is 0 Å². The van der Waals surface area contributed by atoms with Crippen LogP contribution in [0.15, 0.2) is 95.8 Å². The van der Waals surface area contributed by atoms with Crippen LogP contribution in [-0.2, 0) is 0 Å². The van der Waals surface area contributed by atoms with Crippen LogP contribution in [0.1, 0.15) is 10.4 Å². The van der Waals surface area contributed by atoms with Crippen LogP contribution in [0.3, 0.4) is 0 Å². The summed E-state index contributed by atoms with van der Waals surface area (Å²) in [5.74, 6) is -1.28. The Hall–Kier alpha value is -3.99. The zero-order valence-corrected chi connectivity index (χ0v) is 14.8. The molecule has 0 atom stereocenters. The third kappa shape index (κ3) is 3.10. The van der Waals surface area contributed by atoms with Gasteiger partial charge in [0, 0.05) is 11.1 Å². The quantitative estimate of drug-likeness (QED) is 0.584. The highest BCUT2D eigenvalue weighted by atomic mass is 16.4. The summed E-state index contributed by atoms with van der Waals surface area (Å²) in [6, 6.07) is 27.1. The van der Waals surface area contributed by atoms with Crippen molar-refractivity contribution in [2.45, 2.75) is 0 Å². The Balaban J connectivity index is 2.14. The molecule has 1 N–H and O–H groups in total. The molecule has 0 fully saturated rings. The van der Waals surface area contributed by atoms with E-state index in [1.165, 1.54) is 0 Å². The first-order valence-corrected chi connectivity index (χ1v) is 8.73. The average molecular weight is 368 g/mol. The van der Waals surface area contributed by atoms with E-state index < -0.39 is 11.5 Å². The topological polar surface area (TPSA) is 72.2 Å². The molecule has 0 aliphatic rings. The summed E-state index contributed by atoms with van der Waals surface area (Å²) in [5, 5.41) is 14.5. The number of aromatic carboxylic acids is 1. The van der Waals surface area contributed by atoms with E-state index in [9.17, 15) is 14.7 Å². The van der Waals surface area contributed by atoms with Gasteiger partial charge in [-0.05, 0) is 17.7 Å². The zero-order chi connectivity index (χ0) is 19.5. The Morgan fingerprint density at radius 2 is 1.25 bits per heavy atom. The van der Waals surface area contributed by atoms with Crippen LogP contribution in [0.4, 0.5) is 0 Å². The van der Waals surface area contributed by atoms with E-state index in [1.54, 1.807) is 48.5 Å². The molecule has 1 heterocycles. The maximum absolute atomic E-state index is 13.1. The second-order valence-corrected chi connectivity index (χ2v) is 6.19. The summed E-state index contributed by atoms with van der Waals surface area (Å²) in [6.45, 7) is 0. The van der Waals surface area contributed by atoms with Gasteiger partial charge < -0.3 is 5.11 Å². The minimum atomic E-state index is -1.28. The van der Waals surface area contributed by atoms with Crippen LogP contribution in [0.25, 0.3) is 28.1 Å². The van der Waals surface area contributed by atoms with Gasteiger partial charge in [-0.2, -0.15) is 9.78 Å². The first kappa shape index (κ1) is 17.4. The van der Waals surface area contributed by atoms with Crippen LogP contribution in [-0.4, -0.2) is 20.9 Å². The molecule has 0 aliphatic heterocycles. The molecular formula is C23H16N2O3. The van der Waals surface area contributed by atoms with Gasteiger partial charge >= 0.3 is 5.97 Å². The third-order valence-corrected chi connectivity index (χ3v) is 4.42. The number of hydrogen-bond acceptors (Lipinski definition) is 3. The molecule has 5 nitrogen and oxygen atoms in total. The Morgan fingerprint density at radius 3 is 1.79 bits per heavy atom. The maximum Gasteiger partial charge on any atom is 0.342 e. The van der Waals surface area contributed by atoms with Crippen molar-refractivity contribution in [1.29, 1.82) is 0 Å². The molecule has 0 unspecified atom stereocenters. The summed E-state index contributed by atoms with van der Waals surface area (Å²) in [7, 11) is 0. The van der Waals surface area contributed by atoms with Gasteiger partial charge in [-0.3, -0.25) is 4.79 Å². The fraction of sp³-hybridized carbons (Fsp3) is 0. The molecule has 4 aromatic rings. The first-order chi connectivity index (χ1) is 13.7. The normalized spacial score (nSPS) is 10.6. The summed E-state index contributed by atoms with van der Waals surface area (Å²) in [6.07, 6.45) is 0. The molecule has 4 rings (SSSR count). The van der Waals surface area contributed by atoms with Crippen molar-refractivity contribution in [3.63, 3.8) is 0 Å². The lowest BCUT2D eigenvalue weighted by Crippen LogP contribution is -2.29. The van der Waals surface area contributed by atoms with Gasteiger partial charge in [0.25, 0.3) is 5.56 Å². The molecule has 0 spiro atoms. The molecule has 1 aromatic heterocycles. The highest BCUT2D eigenvalue weighted by Crippen LogP contribution is 2.32. The minimum absolute atomic E-state index is 0.302. The van der Waals surface area contributed by atoms with Gasteiger partial charge in [-0.1, -0.05) is 78.9 Å². The molecule has 0 bridgehead atoms. The fourth-order valence-electron chi connectivity index (χ4n) is 3.15. The molecule has 28 heavy (non-hydrogen) atoms. The molecule has 0 amide bonds. The molecule has 136 valence electrons. The van der Waals surface area contributed by atoms with Crippen molar-refractivity contribution >= 4 is 5.97 Å². The van der Waals surface area contributed by atoms with Gasteiger partial charge in [0.2, 0.25) is 0 Å². The number of benzene rings is 3. The first-order valence-electron chi connectivity index (χ1n) is 8.73. The van der Waals surface area contributed by atoms with Crippen LogP contribution in [0, 0.1) is 0 Å². The number of para-hydroxylation sites is 1. The van der Waals surface area contributed by atoms with Crippen molar-refractivity contribution in [3.8, 4) is 28.1 Å². The summed E-state index contributed by atoms with van der Waals surface area (Å²) in [4.78, 5) is 25.3. The van der Waals surface area contributed by atoms with E-state index in [2.05, 4.69) is 5.10 Å². The number of carbonyl (C=O) groups is 1. The molecule has 3 aromatic carbocycles. The lowest BCUT2D eigenvalue weighted by atomic mass is 9.95. The van der Waals surface area contributed by atoms with Crippen molar-refractivity contribution in [2.24, 2.45) is 0 Å². The monoisotopic (exact) mass is 368 g/mol. The van der Waals surface area contributed by atoms with Crippen LogP contribution in [0.5, 0.6) is 0 Å². The van der Waals surface area contributed by atoms with Gasteiger partial charge in [0.15, 0.2) is 0 Å². The van der Waals surface area contributed by atoms with E-state index in [-0.39, 0.29) is 5.56 Å². The van der Waals surface area contributed by atoms with E-state index in [0.717, 1.165) is 10.2 Å². The third-order valence-electron chi connectivity index (χ3n) is 4.42. The van der Waals surface area contributed by atoms with E-state index in [0.29, 0.717) is 22.5 Å². The number of carboxylic acid groups (broad SMARTS) is 1. The molecule has 0 radical (unpaired) electrons. The number of rotatable bonds is 4. The number of aromatic nitrogens is 2. The average Bonchev–Trinajstić information content (AvgIpc) is 2.75. The predicted octanol–water partition coefficient (Wildman–Crippen LogP) is 4.26. The second-order valence-electron chi connectivity index (χ2n) is 6.19. The standard InChI is InChI=1S/C23H16N2O3/c26-22-20(23(27)28)19(16-10-4-1-5-11-16)21(17-12-6-2-7-13-17)24-25(22)18-14-8-3-9-15-18/h1-15H,(H,27,28). The highest BCUT2D eigenvalue weighted by Gasteiger charge is 2.25. The van der Waals surface area contributed by atoms with Gasteiger partial charge in [0.05, 0.1) is 5.69 Å². The maximum atomic E-state index is 13.1. The minimum Gasteiger partial charge on any atom is -0.477 e. The van der Waals surface area contributed by atoms with Crippen molar-refractivity contribution in [1.82, 2.24) is 9.78 Å². The number of nitrogens with zero attached hydrogens (tertiary/aromatic N) is 2. The Morgan fingerprint density at radius 1 is 0.750 bits per heavy atom. The summed E-state index contributed by atoms with van der Waals surface area (Å²) in [5.41, 5.74) is 1.65. The lowest BCUT2D eigenvalue weighted by Gasteiger charge is -2.15. The van der Waals surface area contributed by atoms with Crippen LogP contribution < -0.4 is 5.56 Å². The Kier molecular flexibility index (Phi) is 4.56. The van der Waals surface area contributed by atoms with Crippen LogP contribution >= 0.6 is 0 Å². The zero-order valence-electron chi connectivity index (χ0n) is 14.8. The van der Waals surface area contributed by atoms with Crippen molar-refractivity contribution < 1.29 is 9.90 Å². The van der Waals surface area contributed by atoms with E-state index in [1.807, 2.05) is 42.5 Å². The van der Waals surface area contributed by atoms with E-state index in [4.69, 9.17) is 0 Å². The smallest absolute Gasteiger partial charge is 0.342 e. The summed E-state index contributed by atoms with van der Waals surface area (Å²) < 4.78 is 1.15. The molecular weight excluding hydrogens is 352 g/mol. The Labute approximate surface area is 161 Å².